The fourth-order valence-corrected chi connectivity index (χ4v) is 2.15. The summed E-state index contributed by atoms with van der Waals surface area (Å²) in [6.07, 6.45) is 1.53. The van der Waals surface area contributed by atoms with Gasteiger partial charge in [0.25, 0.3) is 0 Å². The minimum atomic E-state index is -0.756. The molecular formula is C14H21F2N. The van der Waals surface area contributed by atoms with Crippen molar-refractivity contribution in [3.8, 4) is 0 Å². The Labute approximate surface area is 102 Å². The molecule has 0 spiro atoms. The van der Waals surface area contributed by atoms with Gasteiger partial charge in [0.2, 0.25) is 0 Å². The molecule has 1 nitrogen and oxygen atoms in total. The van der Waals surface area contributed by atoms with Gasteiger partial charge in [-0.3, -0.25) is 0 Å². The second-order valence-corrected chi connectivity index (χ2v) is 4.43. The maximum atomic E-state index is 13.6. The quantitative estimate of drug-likeness (QED) is 0.803. The van der Waals surface area contributed by atoms with Gasteiger partial charge in [0, 0.05) is 6.04 Å². The van der Waals surface area contributed by atoms with Crippen molar-refractivity contribution in [2.24, 2.45) is 5.92 Å². The van der Waals surface area contributed by atoms with Crippen LogP contribution in [-0.2, 0) is 6.42 Å². The lowest BCUT2D eigenvalue weighted by Crippen LogP contribution is -2.34. The molecule has 1 aromatic carbocycles. The molecule has 96 valence electrons. The first kappa shape index (κ1) is 14.1. The zero-order valence-corrected chi connectivity index (χ0v) is 10.8. The summed E-state index contributed by atoms with van der Waals surface area (Å²) < 4.78 is 26.6. The Morgan fingerprint density at radius 3 is 2.53 bits per heavy atom. The molecule has 2 unspecified atom stereocenters. The lowest BCUT2D eigenvalue weighted by Gasteiger charge is -2.23. The van der Waals surface area contributed by atoms with E-state index in [1.54, 1.807) is 12.1 Å². The maximum Gasteiger partial charge on any atom is 0.162 e. The number of benzene rings is 1. The summed E-state index contributed by atoms with van der Waals surface area (Å²) in [5, 5.41) is 3.33. The molecule has 0 heterocycles. The van der Waals surface area contributed by atoms with Gasteiger partial charge in [-0.25, -0.2) is 8.78 Å². The second kappa shape index (κ2) is 6.70. The molecule has 0 saturated heterocycles. The van der Waals surface area contributed by atoms with Crippen LogP contribution in [0.3, 0.4) is 0 Å². The smallest absolute Gasteiger partial charge is 0.162 e. The normalized spacial score (nSPS) is 14.6. The Balaban J connectivity index is 2.77. The minimum Gasteiger partial charge on any atom is -0.314 e. The van der Waals surface area contributed by atoms with Crippen LogP contribution in [0.2, 0.25) is 0 Å². The van der Waals surface area contributed by atoms with E-state index in [0.717, 1.165) is 19.0 Å². The molecule has 0 aliphatic rings. The zero-order chi connectivity index (χ0) is 12.8. The summed E-state index contributed by atoms with van der Waals surface area (Å²) in [5.41, 5.74) is 0.474. The van der Waals surface area contributed by atoms with Gasteiger partial charge in [0.15, 0.2) is 11.6 Å². The molecule has 1 aromatic rings. The van der Waals surface area contributed by atoms with E-state index in [1.165, 1.54) is 0 Å². The molecule has 1 N–H and O–H groups in total. The lowest BCUT2D eigenvalue weighted by atomic mass is 9.90. The van der Waals surface area contributed by atoms with Crippen molar-refractivity contribution in [1.82, 2.24) is 5.32 Å². The van der Waals surface area contributed by atoms with Crippen LogP contribution >= 0.6 is 0 Å². The third-order valence-electron chi connectivity index (χ3n) is 3.27. The molecule has 3 heteroatoms. The number of hydrogen-bond donors (Lipinski definition) is 1. The second-order valence-electron chi connectivity index (χ2n) is 4.43. The van der Waals surface area contributed by atoms with Gasteiger partial charge in [-0.15, -0.1) is 0 Å². The summed E-state index contributed by atoms with van der Waals surface area (Å²) in [4.78, 5) is 0. The van der Waals surface area contributed by atoms with Crippen LogP contribution in [0.1, 0.15) is 32.8 Å². The van der Waals surface area contributed by atoms with Gasteiger partial charge < -0.3 is 5.32 Å². The van der Waals surface area contributed by atoms with E-state index >= 15 is 0 Å². The summed E-state index contributed by atoms with van der Waals surface area (Å²) in [7, 11) is 0. The van der Waals surface area contributed by atoms with Crippen molar-refractivity contribution in [3.05, 3.63) is 35.4 Å². The average molecular weight is 241 g/mol. The topological polar surface area (TPSA) is 12.0 Å². The number of rotatable bonds is 6. The molecule has 0 fully saturated rings. The van der Waals surface area contributed by atoms with Crippen molar-refractivity contribution in [3.63, 3.8) is 0 Å². The van der Waals surface area contributed by atoms with Gasteiger partial charge in [-0.1, -0.05) is 32.4 Å². The van der Waals surface area contributed by atoms with Gasteiger partial charge in [0.05, 0.1) is 0 Å². The van der Waals surface area contributed by atoms with Crippen molar-refractivity contribution < 1.29 is 8.78 Å². The highest BCUT2D eigenvalue weighted by molar-refractivity contribution is 5.19. The van der Waals surface area contributed by atoms with E-state index in [9.17, 15) is 8.78 Å². The van der Waals surface area contributed by atoms with Crippen LogP contribution < -0.4 is 5.32 Å². The van der Waals surface area contributed by atoms with Crippen molar-refractivity contribution >= 4 is 0 Å². The Bertz CT molecular complexity index is 352. The van der Waals surface area contributed by atoms with Crippen molar-refractivity contribution in [2.75, 3.05) is 6.54 Å². The van der Waals surface area contributed by atoms with Crippen LogP contribution in [0.15, 0.2) is 18.2 Å². The highest BCUT2D eigenvalue weighted by Crippen LogP contribution is 2.20. The van der Waals surface area contributed by atoms with Gasteiger partial charge in [-0.05, 0) is 37.4 Å². The van der Waals surface area contributed by atoms with E-state index in [2.05, 4.69) is 19.2 Å². The summed E-state index contributed by atoms with van der Waals surface area (Å²) in [5.74, 6) is -1.13. The first-order valence-corrected chi connectivity index (χ1v) is 6.26. The molecule has 0 amide bonds. The first-order valence-electron chi connectivity index (χ1n) is 6.26. The zero-order valence-electron chi connectivity index (χ0n) is 10.8. The molecule has 0 saturated carbocycles. The Morgan fingerprint density at radius 2 is 1.94 bits per heavy atom. The van der Waals surface area contributed by atoms with Gasteiger partial charge in [0.1, 0.15) is 0 Å². The summed E-state index contributed by atoms with van der Waals surface area (Å²) in [6.45, 7) is 7.11. The van der Waals surface area contributed by atoms with Crippen LogP contribution in [0.25, 0.3) is 0 Å². The molecule has 0 bridgehead atoms. The first-order chi connectivity index (χ1) is 8.10. The number of halogens is 2. The van der Waals surface area contributed by atoms with E-state index in [-0.39, 0.29) is 0 Å². The van der Waals surface area contributed by atoms with Gasteiger partial charge in [-0.2, -0.15) is 0 Å². The molecule has 0 radical (unpaired) electrons. The molecule has 2 atom stereocenters. The monoisotopic (exact) mass is 241 g/mol. The lowest BCUT2D eigenvalue weighted by molar-refractivity contribution is 0.361. The maximum absolute atomic E-state index is 13.6. The van der Waals surface area contributed by atoms with Crippen LogP contribution in [0, 0.1) is 17.6 Å². The van der Waals surface area contributed by atoms with Crippen LogP contribution in [0.5, 0.6) is 0 Å². The third-order valence-corrected chi connectivity index (χ3v) is 3.27. The number of hydrogen-bond acceptors (Lipinski definition) is 1. The molecule has 0 aliphatic heterocycles. The van der Waals surface area contributed by atoms with Crippen LogP contribution in [-0.4, -0.2) is 12.6 Å². The molecule has 0 aliphatic carbocycles. The molecule has 17 heavy (non-hydrogen) atoms. The van der Waals surface area contributed by atoms with Crippen molar-refractivity contribution in [2.45, 2.75) is 39.7 Å². The molecule has 0 aromatic heterocycles. The number of nitrogens with one attached hydrogen (secondary N) is 1. The summed E-state index contributed by atoms with van der Waals surface area (Å²) in [6, 6.07) is 4.71. The fourth-order valence-electron chi connectivity index (χ4n) is 2.15. The Morgan fingerprint density at radius 1 is 1.24 bits per heavy atom. The predicted octanol–water partition coefficient (Wildman–Crippen LogP) is 3.53. The van der Waals surface area contributed by atoms with Gasteiger partial charge >= 0.3 is 0 Å². The highest BCUT2D eigenvalue weighted by Gasteiger charge is 2.18. The standard InChI is InChI=1S/C14H21F2N/c1-4-11(10(3)17-5-2)9-12-7-6-8-13(15)14(12)16/h6-8,10-11,17H,4-5,9H2,1-3H3. The van der Waals surface area contributed by atoms with Crippen molar-refractivity contribution in [1.29, 1.82) is 0 Å². The van der Waals surface area contributed by atoms with E-state index in [1.807, 2.05) is 6.92 Å². The van der Waals surface area contributed by atoms with Crippen LogP contribution in [0.4, 0.5) is 8.78 Å². The van der Waals surface area contributed by atoms with E-state index < -0.39 is 11.6 Å². The van der Waals surface area contributed by atoms with E-state index in [0.29, 0.717) is 23.9 Å². The minimum absolute atomic E-state index is 0.313. The summed E-state index contributed by atoms with van der Waals surface area (Å²) >= 11 is 0. The fraction of sp³-hybridized carbons (Fsp3) is 0.571. The Hall–Kier alpha value is -0.960. The average Bonchev–Trinajstić information content (AvgIpc) is 2.31. The molecular weight excluding hydrogens is 220 g/mol. The largest absolute Gasteiger partial charge is 0.314 e. The molecule has 1 rings (SSSR count). The third kappa shape index (κ3) is 3.77. The Kier molecular flexibility index (Phi) is 5.56. The SMILES string of the molecule is CCNC(C)C(CC)Cc1cccc(F)c1F. The highest BCUT2D eigenvalue weighted by atomic mass is 19.2. The predicted molar refractivity (Wildman–Crippen MR) is 67.0 cm³/mol. The van der Waals surface area contributed by atoms with E-state index in [4.69, 9.17) is 0 Å².